The second kappa shape index (κ2) is 5.84. The minimum absolute atomic E-state index is 0.407. The van der Waals surface area contributed by atoms with Gasteiger partial charge in [0.1, 0.15) is 0 Å². The van der Waals surface area contributed by atoms with Gasteiger partial charge in [0.25, 0.3) is 0 Å². The predicted molar refractivity (Wildman–Crippen MR) is 81.7 cm³/mol. The number of carbonyl (C=O) groups excluding carboxylic acids is 1. The highest BCUT2D eigenvalue weighted by atomic mass is 35.5. The van der Waals surface area contributed by atoms with Crippen molar-refractivity contribution in [3.63, 3.8) is 0 Å². The number of hydrogen-bond acceptors (Lipinski definition) is 4. The molecule has 0 aliphatic carbocycles. The molecule has 0 amide bonds. The van der Waals surface area contributed by atoms with Gasteiger partial charge < -0.3 is 15.8 Å². The quantitative estimate of drug-likeness (QED) is 0.667. The molecule has 0 saturated carbocycles. The molecule has 0 aromatic heterocycles. The summed E-state index contributed by atoms with van der Waals surface area (Å²) in [5, 5.41) is 3.81. The minimum Gasteiger partial charge on any atom is -0.465 e. The number of anilines is 3. The van der Waals surface area contributed by atoms with Crippen LogP contribution in [0, 0.1) is 6.92 Å². The van der Waals surface area contributed by atoms with Crippen LogP contribution >= 0.6 is 11.6 Å². The van der Waals surface area contributed by atoms with Crippen LogP contribution in [0.1, 0.15) is 15.9 Å². The van der Waals surface area contributed by atoms with Gasteiger partial charge in [0.2, 0.25) is 0 Å². The molecule has 0 fully saturated rings. The summed E-state index contributed by atoms with van der Waals surface area (Å²) in [6.45, 7) is 1.93. The largest absolute Gasteiger partial charge is 0.465 e. The number of hydrogen-bond donors (Lipinski definition) is 2. The van der Waals surface area contributed by atoms with Crippen molar-refractivity contribution in [2.45, 2.75) is 6.92 Å². The fourth-order valence-corrected chi connectivity index (χ4v) is 1.92. The standard InChI is InChI=1S/C15H15ClN2O2/c1-9-3-5-11(8-12(9)16)18-14-7-10(15(19)20-2)4-6-13(14)17/h3-8,18H,17H2,1-2H3. The molecule has 0 bridgehead atoms. The van der Waals surface area contributed by atoms with E-state index in [4.69, 9.17) is 17.3 Å². The Hall–Kier alpha value is -2.20. The Morgan fingerprint density at radius 3 is 2.65 bits per heavy atom. The Balaban J connectivity index is 2.32. The molecule has 104 valence electrons. The zero-order valence-electron chi connectivity index (χ0n) is 11.2. The number of methoxy groups -OCH3 is 1. The highest BCUT2D eigenvalue weighted by Crippen LogP contribution is 2.27. The van der Waals surface area contributed by atoms with Crippen LogP contribution in [-0.4, -0.2) is 13.1 Å². The molecule has 0 spiro atoms. The van der Waals surface area contributed by atoms with E-state index in [0.29, 0.717) is 22.0 Å². The number of aryl methyl sites for hydroxylation is 1. The molecule has 2 aromatic carbocycles. The number of carbonyl (C=O) groups is 1. The molecule has 0 saturated heterocycles. The summed E-state index contributed by atoms with van der Waals surface area (Å²) in [4.78, 5) is 11.5. The maximum atomic E-state index is 11.5. The lowest BCUT2D eigenvalue weighted by Gasteiger charge is -2.11. The summed E-state index contributed by atoms with van der Waals surface area (Å²) in [7, 11) is 1.34. The van der Waals surface area contributed by atoms with Gasteiger partial charge in [-0.2, -0.15) is 0 Å². The summed E-state index contributed by atoms with van der Waals surface area (Å²) in [5.41, 5.74) is 9.29. The van der Waals surface area contributed by atoms with Crippen LogP contribution in [-0.2, 0) is 4.74 Å². The van der Waals surface area contributed by atoms with E-state index in [2.05, 4.69) is 10.1 Å². The van der Waals surface area contributed by atoms with Crippen LogP contribution in [0.3, 0.4) is 0 Å². The van der Waals surface area contributed by atoms with E-state index in [1.165, 1.54) is 7.11 Å². The average Bonchev–Trinajstić information content (AvgIpc) is 2.44. The van der Waals surface area contributed by atoms with Gasteiger partial charge in [-0.05, 0) is 42.8 Å². The lowest BCUT2D eigenvalue weighted by Crippen LogP contribution is -2.04. The summed E-state index contributed by atoms with van der Waals surface area (Å²) >= 11 is 6.08. The molecule has 5 heteroatoms. The topological polar surface area (TPSA) is 64.3 Å². The van der Waals surface area contributed by atoms with E-state index >= 15 is 0 Å². The second-order valence-electron chi connectivity index (χ2n) is 4.38. The first kappa shape index (κ1) is 14.2. The molecule has 2 rings (SSSR count). The van der Waals surface area contributed by atoms with Crippen molar-refractivity contribution < 1.29 is 9.53 Å². The summed E-state index contributed by atoms with van der Waals surface area (Å²) in [6, 6.07) is 10.5. The van der Waals surface area contributed by atoms with Crippen LogP contribution in [0.4, 0.5) is 17.1 Å². The Kier molecular flexibility index (Phi) is 4.15. The maximum absolute atomic E-state index is 11.5. The monoisotopic (exact) mass is 290 g/mol. The molecule has 4 nitrogen and oxygen atoms in total. The smallest absolute Gasteiger partial charge is 0.337 e. The van der Waals surface area contributed by atoms with Crippen molar-refractivity contribution in [1.29, 1.82) is 0 Å². The maximum Gasteiger partial charge on any atom is 0.337 e. The van der Waals surface area contributed by atoms with E-state index in [0.717, 1.165) is 11.3 Å². The number of rotatable bonds is 3. The first-order valence-electron chi connectivity index (χ1n) is 6.02. The highest BCUT2D eigenvalue weighted by Gasteiger charge is 2.09. The van der Waals surface area contributed by atoms with Crippen molar-refractivity contribution >= 4 is 34.6 Å². The number of nitrogens with two attached hydrogens (primary N) is 1. The number of nitrogens with one attached hydrogen (secondary N) is 1. The summed E-state index contributed by atoms with van der Waals surface area (Å²) in [5.74, 6) is -0.407. The van der Waals surface area contributed by atoms with Gasteiger partial charge >= 0.3 is 5.97 Å². The molecule has 2 aromatic rings. The minimum atomic E-state index is -0.407. The molecule has 0 radical (unpaired) electrons. The van der Waals surface area contributed by atoms with Gasteiger partial charge in [-0.15, -0.1) is 0 Å². The predicted octanol–water partition coefficient (Wildman–Crippen LogP) is 3.76. The summed E-state index contributed by atoms with van der Waals surface area (Å²) in [6.07, 6.45) is 0. The van der Waals surface area contributed by atoms with Gasteiger partial charge in [-0.3, -0.25) is 0 Å². The molecular formula is C15H15ClN2O2. The number of nitrogen functional groups attached to an aromatic ring is 1. The Bertz CT molecular complexity index is 656. The fraction of sp³-hybridized carbons (Fsp3) is 0.133. The van der Waals surface area contributed by atoms with Gasteiger partial charge in [0.05, 0.1) is 24.0 Å². The molecule has 0 unspecified atom stereocenters. The Morgan fingerprint density at radius 2 is 2.00 bits per heavy atom. The number of ether oxygens (including phenoxy) is 1. The molecule has 20 heavy (non-hydrogen) atoms. The average molecular weight is 291 g/mol. The zero-order valence-corrected chi connectivity index (χ0v) is 12.0. The third-order valence-corrected chi connectivity index (χ3v) is 3.33. The number of esters is 1. The van der Waals surface area contributed by atoms with Crippen molar-refractivity contribution in [3.8, 4) is 0 Å². The molecular weight excluding hydrogens is 276 g/mol. The number of benzene rings is 2. The van der Waals surface area contributed by atoms with Gasteiger partial charge in [-0.25, -0.2) is 4.79 Å². The number of halogens is 1. The SMILES string of the molecule is COC(=O)c1ccc(N)c(Nc2ccc(C)c(Cl)c2)c1. The summed E-state index contributed by atoms with van der Waals surface area (Å²) < 4.78 is 4.69. The molecule has 0 atom stereocenters. The van der Waals surface area contributed by atoms with Crippen molar-refractivity contribution in [1.82, 2.24) is 0 Å². The van der Waals surface area contributed by atoms with E-state index in [9.17, 15) is 4.79 Å². The van der Waals surface area contributed by atoms with Crippen LogP contribution in [0.2, 0.25) is 5.02 Å². The van der Waals surface area contributed by atoms with E-state index < -0.39 is 5.97 Å². The normalized spacial score (nSPS) is 10.2. The van der Waals surface area contributed by atoms with Crippen LogP contribution < -0.4 is 11.1 Å². The molecule has 0 aliphatic rings. The second-order valence-corrected chi connectivity index (χ2v) is 4.79. The molecule has 0 aliphatic heterocycles. The van der Waals surface area contributed by atoms with Gasteiger partial charge in [0.15, 0.2) is 0 Å². The fourth-order valence-electron chi connectivity index (χ4n) is 1.74. The zero-order chi connectivity index (χ0) is 14.7. The highest BCUT2D eigenvalue weighted by molar-refractivity contribution is 6.31. The van der Waals surface area contributed by atoms with Gasteiger partial charge in [-0.1, -0.05) is 17.7 Å². The van der Waals surface area contributed by atoms with Crippen LogP contribution in [0.25, 0.3) is 0 Å². The van der Waals surface area contributed by atoms with Crippen molar-refractivity contribution in [2.75, 3.05) is 18.2 Å². The first-order valence-corrected chi connectivity index (χ1v) is 6.40. The van der Waals surface area contributed by atoms with E-state index in [1.54, 1.807) is 24.3 Å². The Labute approximate surface area is 122 Å². The first-order chi connectivity index (χ1) is 9.51. The molecule has 3 N–H and O–H groups in total. The Morgan fingerprint density at radius 1 is 1.25 bits per heavy atom. The van der Waals surface area contributed by atoms with Crippen LogP contribution in [0.5, 0.6) is 0 Å². The van der Waals surface area contributed by atoms with Gasteiger partial charge in [0, 0.05) is 10.7 Å². The van der Waals surface area contributed by atoms with Crippen LogP contribution in [0.15, 0.2) is 36.4 Å². The van der Waals surface area contributed by atoms with E-state index in [-0.39, 0.29) is 0 Å². The lowest BCUT2D eigenvalue weighted by molar-refractivity contribution is 0.0601. The third-order valence-electron chi connectivity index (χ3n) is 2.93. The van der Waals surface area contributed by atoms with Crippen molar-refractivity contribution in [2.24, 2.45) is 0 Å². The molecule has 0 heterocycles. The van der Waals surface area contributed by atoms with E-state index in [1.807, 2.05) is 19.1 Å². The lowest BCUT2D eigenvalue weighted by atomic mass is 10.1. The third kappa shape index (κ3) is 3.03. The van der Waals surface area contributed by atoms with Crippen molar-refractivity contribution in [3.05, 3.63) is 52.5 Å².